The number of nitrogens with zero attached hydrogens (tertiary/aromatic N) is 2. The third-order valence-electron chi connectivity index (χ3n) is 3.66. The molecule has 0 amide bonds. The van der Waals surface area contributed by atoms with Crippen molar-refractivity contribution >= 4 is 11.5 Å². The van der Waals surface area contributed by atoms with Gasteiger partial charge in [-0.1, -0.05) is 0 Å². The topological polar surface area (TPSA) is 81.9 Å². The lowest BCUT2D eigenvalue weighted by molar-refractivity contribution is -0.384. The number of likely N-dealkylation sites (tertiary alicyclic amines) is 1. The molecule has 0 N–H and O–H groups in total. The van der Waals surface area contributed by atoms with Crippen LogP contribution in [0.15, 0.2) is 24.3 Å². The Labute approximate surface area is 122 Å². The van der Waals surface area contributed by atoms with E-state index in [-0.39, 0.29) is 30.2 Å². The lowest BCUT2D eigenvalue weighted by atomic mass is 10.1. The standard InChI is InChI=1S/C14H18N2O5/c1-20-13-8-15(9-14(13)21-2)7-12(17)10-3-5-11(6-4-10)16(18)19/h3-6,13-14H,7-9H2,1-2H3. The highest BCUT2D eigenvalue weighted by atomic mass is 16.6. The van der Waals surface area contributed by atoms with E-state index in [0.717, 1.165) is 0 Å². The maximum atomic E-state index is 12.2. The summed E-state index contributed by atoms with van der Waals surface area (Å²) in [6, 6.07) is 5.65. The second kappa shape index (κ2) is 6.75. The van der Waals surface area contributed by atoms with E-state index in [1.807, 2.05) is 4.90 Å². The van der Waals surface area contributed by atoms with Gasteiger partial charge < -0.3 is 9.47 Å². The van der Waals surface area contributed by atoms with Gasteiger partial charge in [0.2, 0.25) is 0 Å². The van der Waals surface area contributed by atoms with Crippen molar-refractivity contribution < 1.29 is 19.2 Å². The molecule has 1 heterocycles. The minimum Gasteiger partial charge on any atom is -0.377 e. The summed E-state index contributed by atoms with van der Waals surface area (Å²) < 4.78 is 10.6. The third kappa shape index (κ3) is 3.63. The molecule has 2 unspecified atom stereocenters. The lowest BCUT2D eigenvalue weighted by Gasteiger charge is -2.13. The van der Waals surface area contributed by atoms with Crippen molar-refractivity contribution in [1.29, 1.82) is 0 Å². The normalized spacial score (nSPS) is 22.4. The maximum absolute atomic E-state index is 12.2. The van der Waals surface area contributed by atoms with Crippen molar-refractivity contribution in [2.45, 2.75) is 12.2 Å². The summed E-state index contributed by atoms with van der Waals surface area (Å²) in [5.74, 6) is -0.0727. The Bertz CT molecular complexity index is 505. The molecule has 1 fully saturated rings. The zero-order valence-corrected chi connectivity index (χ0v) is 12.0. The number of non-ortho nitro benzene ring substituents is 1. The molecule has 7 nitrogen and oxygen atoms in total. The van der Waals surface area contributed by atoms with Gasteiger partial charge in [-0.05, 0) is 12.1 Å². The van der Waals surface area contributed by atoms with Crippen LogP contribution in [0.1, 0.15) is 10.4 Å². The van der Waals surface area contributed by atoms with Gasteiger partial charge in [0.05, 0.1) is 23.7 Å². The molecule has 1 saturated heterocycles. The molecule has 7 heteroatoms. The van der Waals surface area contributed by atoms with Crippen LogP contribution in [0.5, 0.6) is 0 Å². The number of nitro benzene ring substituents is 1. The molecule has 1 aromatic carbocycles. The van der Waals surface area contributed by atoms with Crippen LogP contribution in [0.25, 0.3) is 0 Å². The van der Waals surface area contributed by atoms with Crippen molar-refractivity contribution in [2.75, 3.05) is 33.9 Å². The third-order valence-corrected chi connectivity index (χ3v) is 3.66. The molecule has 21 heavy (non-hydrogen) atoms. The predicted molar refractivity (Wildman–Crippen MR) is 75.5 cm³/mol. The Balaban J connectivity index is 1.97. The molecular weight excluding hydrogens is 276 g/mol. The van der Waals surface area contributed by atoms with Crippen LogP contribution in [-0.4, -0.2) is 61.7 Å². The Morgan fingerprint density at radius 1 is 1.24 bits per heavy atom. The fourth-order valence-electron chi connectivity index (χ4n) is 2.46. The van der Waals surface area contributed by atoms with E-state index in [4.69, 9.17) is 9.47 Å². The van der Waals surface area contributed by atoms with Crippen LogP contribution in [-0.2, 0) is 9.47 Å². The van der Waals surface area contributed by atoms with Gasteiger partial charge in [0, 0.05) is 45.0 Å². The van der Waals surface area contributed by atoms with Gasteiger partial charge in [-0.15, -0.1) is 0 Å². The fourth-order valence-corrected chi connectivity index (χ4v) is 2.46. The summed E-state index contributed by atoms with van der Waals surface area (Å²) in [7, 11) is 3.25. The minimum absolute atomic E-state index is 0.0217. The number of carbonyl (C=O) groups excluding carboxylic acids is 1. The van der Waals surface area contributed by atoms with E-state index in [1.165, 1.54) is 24.3 Å². The highest BCUT2D eigenvalue weighted by molar-refractivity contribution is 5.97. The number of hydrogen-bond acceptors (Lipinski definition) is 6. The predicted octanol–water partition coefficient (Wildman–Crippen LogP) is 1.12. The first-order valence-electron chi connectivity index (χ1n) is 6.60. The second-order valence-electron chi connectivity index (χ2n) is 4.97. The minimum atomic E-state index is -0.485. The highest BCUT2D eigenvalue weighted by Gasteiger charge is 2.33. The molecule has 2 rings (SSSR count). The zero-order valence-electron chi connectivity index (χ0n) is 12.0. The van der Waals surface area contributed by atoms with Gasteiger partial charge in [-0.3, -0.25) is 19.8 Å². The molecule has 0 aliphatic carbocycles. The SMILES string of the molecule is COC1CN(CC(=O)c2ccc([N+](=O)[O-])cc2)CC1OC. The number of Topliss-reactive ketones (excluding diaryl/α,β-unsaturated/α-hetero) is 1. The fraction of sp³-hybridized carbons (Fsp3) is 0.500. The Morgan fingerprint density at radius 2 is 1.76 bits per heavy atom. The van der Waals surface area contributed by atoms with Crippen LogP contribution >= 0.6 is 0 Å². The number of rotatable bonds is 6. The lowest BCUT2D eigenvalue weighted by Crippen LogP contribution is -2.29. The number of ketones is 1. The molecule has 0 aromatic heterocycles. The van der Waals surface area contributed by atoms with Gasteiger partial charge in [0.25, 0.3) is 5.69 Å². The number of nitro groups is 1. The monoisotopic (exact) mass is 294 g/mol. The second-order valence-corrected chi connectivity index (χ2v) is 4.97. The van der Waals surface area contributed by atoms with Crippen molar-refractivity contribution in [3.63, 3.8) is 0 Å². The average molecular weight is 294 g/mol. The summed E-state index contributed by atoms with van der Waals surface area (Å²) in [5, 5.41) is 10.6. The molecule has 0 saturated carbocycles. The van der Waals surface area contributed by atoms with E-state index in [2.05, 4.69) is 0 Å². The number of hydrogen-bond donors (Lipinski definition) is 0. The van der Waals surface area contributed by atoms with E-state index in [9.17, 15) is 14.9 Å². The van der Waals surface area contributed by atoms with E-state index in [0.29, 0.717) is 18.7 Å². The Hall–Kier alpha value is -1.83. The quantitative estimate of drug-likeness (QED) is 0.444. The van der Waals surface area contributed by atoms with E-state index >= 15 is 0 Å². The van der Waals surface area contributed by atoms with Crippen LogP contribution in [0.3, 0.4) is 0 Å². The summed E-state index contributed by atoms with van der Waals surface area (Å²) in [5.41, 5.74) is 0.446. The van der Waals surface area contributed by atoms with Gasteiger partial charge in [0.1, 0.15) is 0 Å². The molecule has 0 radical (unpaired) electrons. The highest BCUT2D eigenvalue weighted by Crippen LogP contribution is 2.17. The summed E-state index contributed by atoms with van der Waals surface area (Å²) in [4.78, 5) is 24.2. The van der Waals surface area contributed by atoms with Gasteiger partial charge in [-0.25, -0.2) is 0 Å². The first kappa shape index (κ1) is 15.6. The number of benzene rings is 1. The number of ether oxygens (including phenoxy) is 2. The molecule has 1 aliphatic rings. The molecule has 1 aromatic rings. The van der Waals surface area contributed by atoms with Gasteiger partial charge in [-0.2, -0.15) is 0 Å². The summed E-state index contributed by atoms with van der Waals surface area (Å²) >= 11 is 0. The number of methoxy groups -OCH3 is 2. The van der Waals surface area contributed by atoms with Crippen molar-refractivity contribution in [3.05, 3.63) is 39.9 Å². The largest absolute Gasteiger partial charge is 0.377 e. The van der Waals surface area contributed by atoms with Crippen LogP contribution in [0.2, 0.25) is 0 Å². The average Bonchev–Trinajstić information content (AvgIpc) is 2.89. The molecule has 1 aliphatic heterocycles. The maximum Gasteiger partial charge on any atom is 0.269 e. The van der Waals surface area contributed by atoms with E-state index < -0.39 is 4.92 Å². The Kier molecular flexibility index (Phi) is 5.00. The van der Waals surface area contributed by atoms with E-state index in [1.54, 1.807) is 14.2 Å². The molecule has 0 spiro atoms. The molecular formula is C14H18N2O5. The summed E-state index contributed by atoms with van der Waals surface area (Å²) in [6.45, 7) is 1.51. The van der Waals surface area contributed by atoms with Crippen molar-refractivity contribution in [2.24, 2.45) is 0 Å². The van der Waals surface area contributed by atoms with Crippen molar-refractivity contribution in [1.82, 2.24) is 4.90 Å². The molecule has 2 atom stereocenters. The van der Waals surface area contributed by atoms with Crippen LogP contribution in [0.4, 0.5) is 5.69 Å². The smallest absolute Gasteiger partial charge is 0.269 e. The Morgan fingerprint density at radius 3 is 2.19 bits per heavy atom. The van der Waals surface area contributed by atoms with Crippen LogP contribution < -0.4 is 0 Å². The van der Waals surface area contributed by atoms with Gasteiger partial charge >= 0.3 is 0 Å². The van der Waals surface area contributed by atoms with Crippen LogP contribution in [0, 0.1) is 10.1 Å². The summed E-state index contributed by atoms with van der Waals surface area (Å²) in [6.07, 6.45) is -0.0840. The first-order chi connectivity index (χ1) is 10.0. The molecule has 0 bridgehead atoms. The van der Waals surface area contributed by atoms with Gasteiger partial charge in [0.15, 0.2) is 5.78 Å². The zero-order chi connectivity index (χ0) is 15.4. The number of carbonyl (C=O) groups is 1. The molecule has 114 valence electrons. The first-order valence-corrected chi connectivity index (χ1v) is 6.60. The van der Waals surface area contributed by atoms with Crippen molar-refractivity contribution in [3.8, 4) is 0 Å².